The molecule has 0 aliphatic rings. The molecule has 2 aromatic rings. The fraction of sp³-hybridized carbons (Fsp3) is 0.417. The predicted octanol–water partition coefficient (Wildman–Crippen LogP) is 3.36. The molecule has 0 aliphatic heterocycles. The molecular weight excluding hydrogens is 410 g/mol. The van der Waals surface area contributed by atoms with Gasteiger partial charge in [-0.05, 0) is 49.9 Å². The van der Waals surface area contributed by atoms with Crippen molar-refractivity contribution in [1.82, 2.24) is 16.1 Å². The minimum absolute atomic E-state index is 0. The molecule has 0 aliphatic carbocycles. The average Bonchev–Trinajstić information content (AvgIpc) is 2.71. The number of carbonyl (C=O) groups is 2. The van der Waals surface area contributed by atoms with Crippen LogP contribution in [0, 0.1) is 0 Å². The average molecular weight is 446 g/mol. The lowest BCUT2D eigenvalue weighted by Gasteiger charge is -2.19. The summed E-state index contributed by atoms with van der Waals surface area (Å²) in [6, 6.07) is 14.7. The summed E-state index contributed by atoms with van der Waals surface area (Å²) in [5.41, 5.74) is 4.96. The Hall–Kier alpha value is -2.94. The number of hydrogen-bond donors (Lipinski definition) is 5. The van der Waals surface area contributed by atoms with E-state index in [1.807, 2.05) is 69.3 Å². The molecule has 2 atom stereocenters. The number of alkyl carbamates (subject to hydrolysis) is 1. The van der Waals surface area contributed by atoms with E-state index in [9.17, 15) is 14.7 Å². The molecule has 0 spiro atoms. The summed E-state index contributed by atoms with van der Waals surface area (Å²) in [6.45, 7) is 7.67. The first-order valence-corrected chi connectivity index (χ1v) is 10.1. The summed E-state index contributed by atoms with van der Waals surface area (Å²) in [5, 5.41) is 24.1. The zero-order chi connectivity index (χ0) is 23.0. The Morgan fingerprint density at radius 2 is 1.41 bits per heavy atom. The number of nitrogens with one attached hydrogen (secondary N) is 3. The molecule has 5 N–H and O–H groups in total. The number of aliphatic hydroxyl groups is 1. The monoisotopic (exact) mass is 445 g/mol. The Kier molecular flexibility index (Phi) is 10.3. The zero-order valence-corrected chi connectivity index (χ0v) is 18.3. The molecule has 0 saturated heterocycles. The second-order valence-electron chi connectivity index (χ2n) is 8.32. The van der Waals surface area contributed by atoms with Crippen LogP contribution >= 0.6 is 0 Å². The van der Waals surface area contributed by atoms with Gasteiger partial charge in [-0.3, -0.25) is 15.3 Å². The third-order valence-corrected chi connectivity index (χ3v) is 4.48. The SMILES string of the molecule is C.C[C@@H](O)[C@H](NCc1ccc(-c2ccc(CNC(=O)OC(C)(C)C)cc2)cc1)C(=O)NO. The molecule has 32 heavy (non-hydrogen) atoms. The van der Waals surface area contributed by atoms with Crippen LogP contribution in [-0.4, -0.2) is 40.1 Å². The second kappa shape index (κ2) is 12.2. The lowest BCUT2D eigenvalue weighted by molar-refractivity contribution is -0.134. The van der Waals surface area contributed by atoms with Gasteiger partial charge in [0.15, 0.2) is 0 Å². The molecule has 8 nitrogen and oxygen atoms in total. The quantitative estimate of drug-likeness (QED) is 0.314. The largest absolute Gasteiger partial charge is 0.444 e. The minimum atomic E-state index is -0.949. The minimum Gasteiger partial charge on any atom is -0.444 e. The molecule has 2 aromatic carbocycles. The summed E-state index contributed by atoms with van der Waals surface area (Å²) in [5.74, 6) is -0.687. The van der Waals surface area contributed by atoms with Gasteiger partial charge in [0.1, 0.15) is 11.6 Å². The maximum Gasteiger partial charge on any atom is 0.407 e. The molecule has 0 radical (unpaired) electrons. The highest BCUT2D eigenvalue weighted by Gasteiger charge is 2.22. The first-order chi connectivity index (χ1) is 14.6. The first-order valence-electron chi connectivity index (χ1n) is 10.1. The number of amides is 2. The van der Waals surface area contributed by atoms with Crippen LogP contribution in [0.3, 0.4) is 0 Å². The van der Waals surface area contributed by atoms with Crippen molar-refractivity contribution >= 4 is 12.0 Å². The topological polar surface area (TPSA) is 120 Å². The van der Waals surface area contributed by atoms with Gasteiger partial charge in [-0.1, -0.05) is 56.0 Å². The van der Waals surface area contributed by atoms with Crippen molar-refractivity contribution in [3.8, 4) is 11.1 Å². The molecule has 0 bridgehead atoms. The molecule has 0 saturated carbocycles. The molecule has 2 amide bonds. The van der Waals surface area contributed by atoms with Gasteiger partial charge in [-0.25, -0.2) is 10.3 Å². The van der Waals surface area contributed by atoms with E-state index in [-0.39, 0.29) is 7.43 Å². The van der Waals surface area contributed by atoms with Gasteiger partial charge in [0.05, 0.1) is 6.10 Å². The molecule has 0 heterocycles. The van der Waals surface area contributed by atoms with E-state index < -0.39 is 29.7 Å². The Labute approximate surface area is 190 Å². The van der Waals surface area contributed by atoms with Gasteiger partial charge in [-0.2, -0.15) is 0 Å². The van der Waals surface area contributed by atoms with E-state index in [2.05, 4.69) is 10.6 Å². The van der Waals surface area contributed by atoms with E-state index in [1.165, 1.54) is 6.92 Å². The Bertz CT molecular complexity index is 859. The number of rotatable bonds is 8. The maximum absolute atomic E-state index is 11.8. The maximum atomic E-state index is 11.8. The van der Waals surface area contributed by atoms with E-state index >= 15 is 0 Å². The predicted molar refractivity (Wildman–Crippen MR) is 124 cm³/mol. The standard InChI is InChI=1S/C23H31N3O5.CH4/c1-15(27)20(21(28)26-30)24-13-16-5-9-18(10-6-16)19-11-7-17(8-12-19)14-25-22(29)31-23(2,3)4;/h5-12,15,20,24,27,30H,13-14H2,1-4H3,(H,25,29)(H,26,28);1H4/t15-,20+;/m1./s1. The number of ether oxygens (including phenoxy) is 1. The number of carbonyl (C=O) groups excluding carboxylic acids is 2. The van der Waals surface area contributed by atoms with Crippen LogP contribution in [0.25, 0.3) is 11.1 Å². The van der Waals surface area contributed by atoms with Crippen molar-refractivity contribution < 1.29 is 24.6 Å². The fourth-order valence-corrected chi connectivity index (χ4v) is 2.90. The smallest absolute Gasteiger partial charge is 0.407 e. The highest BCUT2D eigenvalue weighted by molar-refractivity contribution is 5.81. The van der Waals surface area contributed by atoms with E-state index in [4.69, 9.17) is 9.94 Å². The Morgan fingerprint density at radius 3 is 1.81 bits per heavy atom. The van der Waals surface area contributed by atoms with Crippen molar-refractivity contribution in [2.24, 2.45) is 0 Å². The van der Waals surface area contributed by atoms with Crippen molar-refractivity contribution in [2.75, 3.05) is 0 Å². The molecule has 176 valence electrons. The van der Waals surface area contributed by atoms with Crippen molar-refractivity contribution in [3.63, 3.8) is 0 Å². The van der Waals surface area contributed by atoms with Crippen molar-refractivity contribution in [3.05, 3.63) is 59.7 Å². The van der Waals surface area contributed by atoms with Crippen LogP contribution < -0.4 is 16.1 Å². The lowest BCUT2D eigenvalue weighted by Crippen LogP contribution is -2.49. The van der Waals surface area contributed by atoms with Gasteiger partial charge in [0, 0.05) is 13.1 Å². The van der Waals surface area contributed by atoms with Crippen molar-refractivity contribution in [1.29, 1.82) is 0 Å². The molecular formula is C24H35N3O5. The normalized spacial score (nSPS) is 12.8. The number of hydrogen-bond acceptors (Lipinski definition) is 6. The van der Waals surface area contributed by atoms with Gasteiger partial charge in [0.25, 0.3) is 5.91 Å². The molecule has 0 unspecified atom stereocenters. The number of hydroxylamine groups is 1. The summed E-state index contributed by atoms with van der Waals surface area (Å²) in [4.78, 5) is 23.3. The van der Waals surface area contributed by atoms with Gasteiger partial charge >= 0.3 is 6.09 Å². The molecule has 2 rings (SSSR count). The summed E-state index contributed by atoms with van der Waals surface area (Å²) >= 11 is 0. The van der Waals surface area contributed by atoms with Gasteiger partial charge < -0.3 is 15.2 Å². The summed E-state index contributed by atoms with van der Waals surface area (Å²) < 4.78 is 5.23. The van der Waals surface area contributed by atoms with Crippen LogP contribution in [0.2, 0.25) is 0 Å². The van der Waals surface area contributed by atoms with E-state index in [0.717, 1.165) is 22.3 Å². The number of benzene rings is 2. The van der Waals surface area contributed by atoms with Crippen molar-refractivity contribution in [2.45, 2.75) is 66.0 Å². The third-order valence-electron chi connectivity index (χ3n) is 4.48. The van der Waals surface area contributed by atoms with Crippen LogP contribution in [0.1, 0.15) is 46.2 Å². The van der Waals surface area contributed by atoms with Crippen LogP contribution in [0.15, 0.2) is 48.5 Å². The Morgan fingerprint density at radius 1 is 0.938 bits per heavy atom. The molecule has 0 fully saturated rings. The van der Waals surface area contributed by atoms with Gasteiger partial charge in [0.2, 0.25) is 0 Å². The van der Waals surface area contributed by atoms with Gasteiger partial charge in [-0.15, -0.1) is 0 Å². The lowest BCUT2D eigenvalue weighted by atomic mass is 10.0. The highest BCUT2D eigenvalue weighted by atomic mass is 16.6. The van der Waals surface area contributed by atoms with Crippen LogP contribution in [0.4, 0.5) is 4.79 Å². The van der Waals surface area contributed by atoms with Crippen LogP contribution in [-0.2, 0) is 22.6 Å². The summed E-state index contributed by atoms with van der Waals surface area (Å²) in [6.07, 6.45) is -1.40. The second-order valence-corrected chi connectivity index (χ2v) is 8.32. The molecule has 0 aromatic heterocycles. The molecule has 8 heteroatoms. The zero-order valence-electron chi connectivity index (χ0n) is 18.3. The Balaban J connectivity index is 0.00000512. The number of aliphatic hydroxyl groups excluding tert-OH is 1. The fourth-order valence-electron chi connectivity index (χ4n) is 2.90. The van der Waals surface area contributed by atoms with E-state index in [0.29, 0.717) is 13.1 Å². The summed E-state index contributed by atoms with van der Waals surface area (Å²) in [7, 11) is 0. The highest BCUT2D eigenvalue weighted by Crippen LogP contribution is 2.20. The van der Waals surface area contributed by atoms with E-state index in [1.54, 1.807) is 5.48 Å². The third kappa shape index (κ3) is 8.66. The van der Waals surface area contributed by atoms with Crippen LogP contribution in [0.5, 0.6) is 0 Å². The first kappa shape index (κ1) is 27.1.